The molecule has 94 valence electrons. The van der Waals surface area contributed by atoms with E-state index >= 15 is 0 Å². The van der Waals surface area contributed by atoms with E-state index in [1.807, 2.05) is 18.2 Å². The highest BCUT2D eigenvalue weighted by atomic mass is 35.5. The van der Waals surface area contributed by atoms with Crippen LogP contribution in [0, 0.1) is 0 Å². The van der Waals surface area contributed by atoms with Gasteiger partial charge in [0.1, 0.15) is 0 Å². The third-order valence-corrected chi connectivity index (χ3v) is 3.93. The maximum absolute atomic E-state index is 9.17. The van der Waals surface area contributed by atoms with Crippen LogP contribution in [0.5, 0.6) is 0 Å². The predicted octanol–water partition coefficient (Wildman–Crippen LogP) is 3.08. The van der Waals surface area contributed by atoms with Gasteiger partial charge in [-0.15, -0.1) is 0 Å². The van der Waals surface area contributed by atoms with Crippen molar-refractivity contribution in [2.75, 3.05) is 13.2 Å². The minimum Gasteiger partial charge on any atom is -0.395 e. The van der Waals surface area contributed by atoms with Gasteiger partial charge in [-0.25, -0.2) is 0 Å². The Morgan fingerprint density at radius 1 is 1.24 bits per heavy atom. The fourth-order valence-electron chi connectivity index (χ4n) is 2.63. The highest BCUT2D eigenvalue weighted by Gasteiger charge is 2.22. The van der Waals surface area contributed by atoms with Crippen LogP contribution in [-0.4, -0.2) is 29.2 Å². The Morgan fingerprint density at radius 2 is 1.94 bits per heavy atom. The maximum atomic E-state index is 9.17. The molecule has 0 radical (unpaired) electrons. The van der Waals surface area contributed by atoms with Crippen LogP contribution in [-0.2, 0) is 6.54 Å². The second-order valence-electron chi connectivity index (χ2n) is 4.72. The molecule has 1 aliphatic carbocycles. The van der Waals surface area contributed by atoms with E-state index in [-0.39, 0.29) is 6.61 Å². The largest absolute Gasteiger partial charge is 0.395 e. The van der Waals surface area contributed by atoms with Gasteiger partial charge in [0.15, 0.2) is 0 Å². The molecule has 1 aromatic rings. The Bertz CT molecular complexity index is 350. The fourth-order valence-corrected chi connectivity index (χ4v) is 2.83. The molecule has 0 spiro atoms. The first-order chi connectivity index (χ1) is 8.31. The number of hydrogen-bond donors (Lipinski definition) is 1. The summed E-state index contributed by atoms with van der Waals surface area (Å²) in [7, 11) is 0. The number of rotatable bonds is 5. The van der Waals surface area contributed by atoms with E-state index in [9.17, 15) is 0 Å². The van der Waals surface area contributed by atoms with Crippen molar-refractivity contribution in [3.05, 3.63) is 34.9 Å². The Labute approximate surface area is 108 Å². The molecule has 1 fully saturated rings. The molecule has 1 aromatic carbocycles. The lowest BCUT2D eigenvalue weighted by molar-refractivity contribution is 0.145. The third kappa shape index (κ3) is 3.44. The van der Waals surface area contributed by atoms with Crippen LogP contribution in [0.4, 0.5) is 0 Å². The number of aliphatic hydroxyl groups excluding tert-OH is 1. The van der Waals surface area contributed by atoms with Crippen LogP contribution in [0.15, 0.2) is 24.3 Å². The highest BCUT2D eigenvalue weighted by Crippen LogP contribution is 2.26. The lowest BCUT2D eigenvalue weighted by Gasteiger charge is -2.28. The topological polar surface area (TPSA) is 23.5 Å². The monoisotopic (exact) mass is 253 g/mol. The molecule has 2 rings (SSSR count). The van der Waals surface area contributed by atoms with Gasteiger partial charge in [0.2, 0.25) is 0 Å². The van der Waals surface area contributed by atoms with E-state index in [0.29, 0.717) is 6.04 Å². The summed E-state index contributed by atoms with van der Waals surface area (Å²) in [5.41, 5.74) is 1.16. The van der Waals surface area contributed by atoms with Gasteiger partial charge >= 0.3 is 0 Å². The molecular weight excluding hydrogens is 234 g/mol. The molecule has 17 heavy (non-hydrogen) atoms. The molecule has 0 aromatic heterocycles. The molecule has 1 saturated carbocycles. The first-order valence-corrected chi connectivity index (χ1v) is 6.77. The van der Waals surface area contributed by atoms with Gasteiger partial charge in [-0.2, -0.15) is 0 Å². The van der Waals surface area contributed by atoms with Gasteiger partial charge in [-0.3, -0.25) is 4.90 Å². The number of hydrogen-bond acceptors (Lipinski definition) is 2. The van der Waals surface area contributed by atoms with Crippen molar-refractivity contribution in [2.24, 2.45) is 0 Å². The number of halogens is 1. The second-order valence-corrected chi connectivity index (χ2v) is 5.13. The zero-order chi connectivity index (χ0) is 12.1. The number of aliphatic hydroxyl groups is 1. The average Bonchev–Trinajstić information content (AvgIpc) is 2.85. The lowest BCUT2D eigenvalue weighted by Crippen LogP contribution is -2.35. The van der Waals surface area contributed by atoms with Crippen molar-refractivity contribution >= 4 is 11.6 Å². The summed E-state index contributed by atoms with van der Waals surface area (Å²) in [6, 6.07) is 8.60. The molecule has 0 aliphatic heterocycles. The van der Waals surface area contributed by atoms with Crippen LogP contribution in [0.1, 0.15) is 31.2 Å². The minimum absolute atomic E-state index is 0.223. The fraction of sp³-hybridized carbons (Fsp3) is 0.571. The summed E-state index contributed by atoms with van der Waals surface area (Å²) in [6.07, 6.45) is 5.14. The summed E-state index contributed by atoms with van der Waals surface area (Å²) in [6.45, 7) is 1.82. The predicted molar refractivity (Wildman–Crippen MR) is 71.2 cm³/mol. The van der Waals surface area contributed by atoms with E-state index in [4.69, 9.17) is 16.7 Å². The van der Waals surface area contributed by atoms with Crippen molar-refractivity contribution in [1.82, 2.24) is 4.90 Å². The van der Waals surface area contributed by atoms with Crippen molar-refractivity contribution in [1.29, 1.82) is 0 Å². The number of benzene rings is 1. The van der Waals surface area contributed by atoms with Crippen LogP contribution in [0.3, 0.4) is 0 Å². The van der Waals surface area contributed by atoms with Crippen LogP contribution in [0.2, 0.25) is 5.02 Å². The second kappa shape index (κ2) is 6.39. The Balaban J connectivity index is 2.04. The van der Waals surface area contributed by atoms with Crippen molar-refractivity contribution < 1.29 is 5.11 Å². The minimum atomic E-state index is 0.223. The summed E-state index contributed by atoms with van der Waals surface area (Å²) in [5.74, 6) is 0. The molecule has 0 unspecified atom stereocenters. The van der Waals surface area contributed by atoms with Crippen LogP contribution in [0.25, 0.3) is 0 Å². The quantitative estimate of drug-likeness (QED) is 0.872. The molecule has 2 nitrogen and oxygen atoms in total. The van der Waals surface area contributed by atoms with E-state index in [2.05, 4.69) is 11.0 Å². The van der Waals surface area contributed by atoms with Gasteiger partial charge in [-0.05, 0) is 24.5 Å². The summed E-state index contributed by atoms with van der Waals surface area (Å²) >= 11 is 6.19. The molecule has 1 N–H and O–H groups in total. The molecule has 1 aliphatic rings. The van der Waals surface area contributed by atoms with E-state index in [1.54, 1.807) is 0 Å². The molecule has 0 amide bonds. The molecule has 3 heteroatoms. The smallest absolute Gasteiger partial charge is 0.0558 e. The van der Waals surface area contributed by atoms with Crippen LogP contribution < -0.4 is 0 Å². The maximum Gasteiger partial charge on any atom is 0.0558 e. The number of nitrogens with zero attached hydrogens (tertiary/aromatic N) is 1. The van der Waals surface area contributed by atoms with E-state index < -0.39 is 0 Å². The normalized spacial score (nSPS) is 16.9. The third-order valence-electron chi connectivity index (χ3n) is 3.56. The zero-order valence-electron chi connectivity index (χ0n) is 10.1. The molecule has 0 atom stereocenters. The SMILES string of the molecule is OCCN(Cc1ccccc1Cl)C1CCCC1. The zero-order valence-corrected chi connectivity index (χ0v) is 10.9. The van der Waals surface area contributed by atoms with E-state index in [1.165, 1.54) is 25.7 Å². The van der Waals surface area contributed by atoms with Crippen molar-refractivity contribution in [3.63, 3.8) is 0 Å². The van der Waals surface area contributed by atoms with Gasteiger partial charge in [0, 0.05) is 24.2 Å². The highest BCUT2D eigenvalue weighted by molar-refractivity contribution is 6.31. The summed E-state index contributed by atoms with van der Waals surface area (Å²) < 4.78 is 0. The van der Waals surface area contributed by atoms with Gasteiger partial charge < -0.3 is 5.11 Å². The van der Waals surface area contributed by atoms with Gasteiger partial charge in [0.05, 0.1) is 6.61 Å². The first-order valence-electron chi connectivity index (χ1n) is 6.39. The lowest BCUT2D eigenvalue weighted by atomic mass is 10.1. The Hall–Kier alpha value is -0.570. The first kappa shape index (κ1) is 12.9. The Kier molecular flexibility index (Phi) is 4.84. The van der Waals surface area contributed by atoms with Crippen molar-refractivity contribution in [2.45, 2.75) is 38.3 Å². The van der Waals surface area contributed by atoms with Gasteiger partial charge in [-0.1, -0.05) is 42.6 Å². The summed E-state index contributed by atoms with van der Waals surface area (Å²) in [5, 5.41) is 10.00. The molecular formula is C14H20ClNO. The average molecular weight is 254 g/mol. The summed E-state index contributed by atoms with van der Waals surface area (Å²) in [4.78, 5) is 2.37. The molecule has 0 saturated heterocycles. The Morgan fingerprint density at radius 3 is 2.59 bits per heavy atom. The van der Waals surface area contributed by atoms with Crippen molar-refractivity contribution in [3.8, 4) is 0 Å². The standard InChI is InChI=1S/C14H20ClNO/c15-14-8-4-1-5-12(14)11-16(9-10-17)13-6-2-3-7-13/h1,4-5,8,13,17H,2-3,6-7,9-11H2. The van der Waals surface area contributed by atoms with Crippen LogP contribution >= 0.6 is 11.6 Å². The van der Waals surface area contributed by atoms with E-state index in [0.717, 1.165) is 23.7 Å². The molecule has 0 heterocycles. The molecule has 0 bridgehead atoms. The van der Waals surface area contributed by atoms with Gasteiger partial charge in [0.25, 0.3) is 0 Å².